The van der Waals surface area contributed by atoms with E-state index in [0.717, 1.165) is 47.4 Å². The van der Waals surface area contributed by atoms with Gasteiger partial charge in [0.05, 0.1) is 5.69 Å². The maximum absolute atomic E-state index is 13.0. The summed E-state index contributed by atoms with van der Waals surface area (Å²) in [6, 6.07) is 21.4. The zero-order chi connectivity index (χ0) is 27.1. The lowest BCUT2D eigenvalue weighted by Gasteiger charge is -2.26. The fourth-order valence-corrected chi connectivity index (χ4v) is 5.01. The van der Waals surface area contributed by atoms with E-state index in [-0.39, 0.29) is 29.5 Å². The van der Waals surface area contributed by atoms with Crippen molar-refractivity contribution >= 4 is 29.1 Å². The maximum Gasteiger partial charge on any atom is 0.432 e. The van der Waals surface area contributed by atoms with Gasteiger partial charge in [0.2, 0.25) is 0 Å². The van der Waals surface area contributed by atoms with Crippen molar-refractivity contribution in [3.8, 4) is 16.9 Å². The average molecular weight is 540 g/mol. The van der Waals surface area contributed by atoms with Gasteiger partial charge in [0.25, 0.3) is 5.91 Å². The number of allylic oxidation sites excluding steroid dienone is 2. The van der Waals surface area contributed by atoms with Crippen LogP contribution < -0.4 is 5.32 Å². The number of aromatic hydroxyl groups is 1. The standard InChI is InChI=1S/C29H28F3N3O2S/c30-29(31,32)27(33)19-24(34-25-6-1-2-7-26(25)36)13-10-20-8-11-21(12-9-20)22-4-3-5-23(18-22)28(37)35-14-16-38-17-15-35/h1-9,11-12,18-19,33-34,36H,10,13-17H2/b24-19-,33-27?. The number of nitrogens with one attached hydrogen (secondary N) is 2. The van der Waals surface area contributed by atoms with E-state index in [2.05, 4.69) is 5.32 Å². The number of anilines is 1. The second-order valence-electron chi connectivity index (χ2n) is 8.91. The van der Waals surface area contributed by atoms with Crippen LogP contribution in [0.4, 0.5) is 18.9 Å². The summed E-state index contributed by atoms with van der Waals surface area (Å²) >= 11 is 1.85. The van der Waals surface area contributed by atoms with Gasteiger partial charge in [-0.1, -0.05) is 48.5 Å². The zero-order valence-electron chi connectivity index (χ0n) is 20.6. The van der Waals surface area contributed by atoms with Gasteiger partial charge in [-0.15, -0.1) is 0 Å². The van der Waals surface area contributed by atoms with Gasteiger partial charge in [-0.25, -0.2) is 0 Å². The summed E-state index contributed by atoms with van der Waals surface area (Å²) < 4.78 is 39.0. The van der Waals surface area contributed by atoms with E-state index < -0.39 is 11.9 Å². The highest BCUT2D eigenvalue weighted by atomic mass is 32.2. The predicted octanol–water partition coefficient (Wildman–Crippen LogP) is 6.76. The second kappa shape index (κ2) is 12.2. The summed E-state index contributed by atoms with van der Waals surface area (Å²) in [5.74, 6) is 1.83. The molecule has 0 atom stereocenters. The fraction of sp³-hybridized carbons (Fsp3) is 0.241. The number of carbonyl (C=O) groups excluding carboxylic acids is 1. The van der Waals surface area contributed by atoms with Crippen LogP contribution >= 0.6 is 11.8 Å². The summed E-state index contributed by atoms with van der Waals surface area (Å²) in [4.78, 5) is 14.8. The van der Waals surface area contributed by atoms with Crippen LogP contribution in [-0.2, 0) is 6.42 Å². The first-order valence-corrected chi connectivity index (χ1v) is 13.3. The first kappa shape index (κ1) is 27.3. The molecule has 198 valence electrons. The number of amides is 1. The number of aryl methyl sites for hydroxylation is 1. The molecule has 0 bridgehead atoms. The molecular weight excluding hydrogens is 511 g/mol. The highest BCUT2D eigenvalue weighted by molar-refractivity contribution is 7.99. The van der Waals surface area contributed by atoms with Crippen molar-refractivity contribution in [3.05, 3.63) is 95.7 Å². The maximum atomic E-state index is 13.0. The summed E-state index contributed by atoms with van der Waals surface area (Å²) in [5.41, 5.74) is 2.35. The van der Waals surface area contributed by atoms with Crippen LogP contribution in [0.2, 0.25) is 0 Å². The average Bonchev–Trinajstić information content (AvgIpc) is 2.93. The van der Waals surface area contributed by atoms with Gasteiger partial charge in [0, 0.05) is 35.9 Å². The highest BCUT2D eigenvalue weighted by Gasteiger charge is 2.33. The van der Waals surface area contributed by atoms with Crippen LogP contribution in [0.3, 0.4) is 0 Å². The lowest BCUT2D eigenvalue weighted by molar-refractivity contribution is -0.0584. The van der Waals surface area contributed by atoms with Crippen LogP contribution in [0.15, 0.2) is 84.6 Å². The van der Waals surface area contributed by atoms with Crippen LogP contribution in [-0.4, -0.2) is 52.4 Å². The van der Waals surface area contributed by atoms with E-state index in [9.17, 15) is 23.1 Å². The number of halogens is 3. The van der Waals surface area contributed by atoms with Gasteiger partial charge < -0.3 is 15.3 Å². The molecule has 0 spiro atoms. The molecule has 0 unspecified atom stereocenters. The molecule has 1 saturated heterocycles. The number of phenolic OH excluding ortho intramolecular Hbond substituents is 1. The third-order valence-corrected chi connectivity index (χ3v) is 7.14. The molecule has 1 fully saturated rings. The number of para-hydroxylation sites is 2. The van der Waals surface area contributed by atoms with Gasteiger partial charge in [0.15, 0.2) is 0 Å². The van der Waals surface area contributed by atoms with Gasteiger partial charge in [-0.05, 0) is 59.9 Å². The lowest BCUT2D eigenvalue weighted by Crippen LogP contribution is -2.37. The van der Waals surface area contributed by atoms with E-state index >= 15 is 0 Å². The Morgan fingerprint density at radius 1 is 1.00 bits per heavy atom. The van der Waals surface area contributed by atoms with Gasteiger partial charge >= 0.3 is 6.18 Å². The molecule has 1 aliphatic rings. The molecule has 0 aromatic heterocycles. The van der Waals surface area contributed by atoms with Crippen LogP contribution in [0.1, 0.15) is 22.3 Å². The Hall–Kier alpha value is -3.72. The minimum atomic E-state index is -4.77. The fourth-order valence-electron chi connectivity index (χ4n) is 4.10. The van der Waals surface area contributed by atoms with Crippen molar-refractivity contribution in [3.63, 3.8) is 0 Å². The molecule has 1 aliphatic heterocycles. The topological polar surface area (TPSA) is 76.4 Å². The van der Waals surface area contributed by atoms with Crippen LogP contribution in [0.25, 0.3) is 11.1 Å². The van der Waals surface area contributed by atoms with E-state index in [1.165, 1.54) is 6.07 Å². The number of hydrogen-bond donors (Lipinski definition) is 3. The largest absolute Gasteiger partial charge is 0.506 e. The third kappa shape index (κ3) is 7.19. The number of nitrogens with zero attached hydrogens (tertiary/aromatic N) is 1. The molecule has 1 amide bonds. The number of hydrogen-bond acceptors (Lipinski definition) is 5. The van der Waals surface area contributed by atoms with Crippen LogP contribution in [0, 0.1) is 5.41 Å². The van der Waals surface area contributed by atoms with Crippen molar-refractivity contribution in [1.29, 1.82) is 5.41 Å². The predicted molar refractivity (Wildman–Crippen MR) is 147 cm³/mol. The molecule has 3 aromatic rings. The number of carbonyl (C=O) groups is 1. The second-order valence-corrected chi connectivity index (χ2v) is 10.1. The Balaban J connectivity index is 1.46. The molecule has 0 aliphatic carbocycles. The third-order valence-electron chi connectivity index (χ3n) is 6.20. The molecule has 0 radical (unpaired) electrons. The normalized spacial score (nSPS) is 14.3. The van der Waals surface area contributed by atoms with Crippen molar-refractivity contribution in [2.24, 2.45) is 0 Å². The summed E-state index contributed by atoms with van der Waals surface area (Å²) in [6.07, 6.45) is -3.39. The van der Waals surface area contributed by atoms with Crippen LogP contribution in [0.5, 0.6) is 5.75 Å². The van der Waals surface area contributed by atoms with Gasteiger partial charge in [-0.2, -0.15) is 24.9 Å². The number of benzene rings is 3. The Bertz CT molecular complexity index is 1320. The van der Waals surface area contributed by atoms with Crippen molar-refractivity contribution in [2.75, 3.05) is 29.9 Å². The zero-order valence-corrected chi connectivity index (χ0v) is 21.4. The number of thioether (sulfide) groups is 1. The molecule has 3 aromatic carbocycles. The SMILES string of the molecule is N=C(/C=C(/CCc1ccc(-c2cccc(C(=O)N3CCSCC3)c2)cc1)Nc1ccccc1O)C(F)(F)F. The van der Waals surface area contributed by atoms with E-state index in [1.54, 1.807) is 18.2 Å². The molecule has 4 rings (SSSR count). The molecule has 0 saturated carbocycles. The Labute approximate surface area is 223 Å². The van der Waals surface area contributed by atoms with E-state index in [0.29, 0.717) is 12.0 Å². The smallest absolute Gasteiger partial charge is 0.432 e. The summed E-state index contributed by atoms with van der Waals surface area (Å²) in [7, 11) is 0. The molecule has 5 nitrogen and oxygen atoms in total. The summed E-state index contributed by atoms with van der Waals surface area (Å²) in [5, 5.41) is 20.2. The van der Waals surface area contributed by atoms with E-state index in [4.69, 9.17) is 5.41 Å². The van der Waals surface area contributed by atoms with Crippen molar-refractivity contribution in [1.82, 2.24) is 4.90 Å². The molecule has 38 heavy (non-hydrogen) atoms. The quantitative estimate of drug-likeness (QED) is 0.218. The number of rotatable bonds is 8. The monoisotopic (exact) mass is 539 g/mol. The minimum Gasteiger partial charge on any atom is -0.506 e. The number of alkyl halides is 3. The molecule has 3 N–H and O–H groups in total. The first-order valence-electron chi connectivity index (χ1n) is 12.2. The summed E-state index contributed by atoms with van der Waals surface area (Å²) in [6.45, 7) is 1.50. The highest BCUT2D eigenvalue weighted by Crippen LogP contribution is 2.27. The van der Waals surface area contributed by atoms with Gasteiger partial charge in [-0.3, -0.25) is 10.2 Å². The van der Waals surface area contributed by atoms with E-state index in [1.807, 2.05) is 65.2 Å². The Morgan fingerprint density at radius 3 is 2.39 bits per heavy atom. The Morgan fingerprint density at radius 2 is 1.71 bits per heavy atom. The Kier molecular flexibility index (Phi) is 8.78. The van der Waals surface area contributed by atoms with Gasteiger partial charge in [0.1, 0.15) is 11.5 Å². The molecule has 9 heteroatoms. The number of phenols is 1. The van der Waals surface area contributed by atoms with Crippen molar-refractivity contribution in [2.45, 2.75) is 19.0 Å². The van der Waals surface area contributed by atoms with Crippen molar-refractivity contribution < 1.29 is 23.1 Å². The molecule has 1 heterocycles. The molecular formula is C29H28F3N3O2S. The minimum absolute atomic E-state index is 0.0319. The lowest BCUT2D eigenvalue weighted by atomic mass is 9.99. The first-order chi connectivity index (χ1) is 18.2.